The second kappa shape index (κ2) is 11.3. The molecule has 2 aromatic heterocycles. The Morgan fingerprint density at radius 2 is 1.74 bits per heavy atom. The van der Waals surface area contributed by atoms with Gasteiger partial charge in [-0.25, -0.2) is 4.98 Å². The molecule has 0 aliphatic heterocycles. The summed E-state index contributed by atoms with van der Waals surface area (Å²) in [5.41, 5.74) is 0.629. The number of nitrogens with one attached hydrogen (secondary N) is 1. The smallest absolute Gasteiger partial charge is 0.505 e. The third kappa shape index (κ3) is 6.53. The first-order chi connectivity index (χ1) is 18.5. The van der Waals surface area contributed by atoms with E-state index in [1.165, 1.54) is 29.0 Å². The van der Waals surface area contributed by atoms with Gasteiger partial charge in [0.05, 0.1) is 18.1 Å². The van der Waals surface area contributed by atoms with E-state index in [4.69, 9.17) is 5.11 Å². The maximum absolute atomic E-state index is 13.6. The van der Waals surface area contributed by atoms with E-state index in [1.54, 1.807) is 0 Å². The Labute approximate surface area is 219 Å². The summed E-state index contributed by atoms with van der Waals surface area (Å²) in [4.78, 5) is 40.9. The topological polar surface area (TPSA) is 131 Å². The second-order valence-corrected chi connectivity index (χ2v) is 8.48. The van der Waals surface area contributed by atoms with Crippen molar-refractivity contribution in [1.29, 1.82) is 0 Å². The number of carbonyl (C=O) groups excluding carboxylic acids is 1. The van der Waals surface area contributed by atoms with Crippen LogP contribution in [0.3, 0.4) is 0 Å². The van der Waals surface area contributed by atoms with E-state index in [1.807, 2.05) is 30.3 Å². The minimum Gasteiger partial charge on any atom is -0.505 e. The van der Waals surface area contributed by atoms with Crippen molar-refractivity contribution < 1.29 is 37.7 Å². The zero-order chi connectivity index (χ0) is 28.2. The fourth-order valence-corrected chi connectivity index (χ4v) is 4.01. The number of pyridine rings is 2. The normalized spacial score (nSPS) is 11.4. The molecule has 4 rings (SSSR count). The summed E-state index contributed by atoms with van der Waals surface area (Å²) < 4.78 is 43.0. The maximum Gasteiger partial charge on any atom is 0.573 e. The third-order valence-electron chi connectivity index (χ3n) is 5.83. The number of fused-ring (bicyclic) bond motifs is 1. The fraction of sp³-hybridized carbons (Fsp3) is 0.185. The molecular formula is C27H22F3N3O6. The fourth-order valence-electron chi connectivity index (χ4n) is 4.01. The zero-order valence-electron chi connectivity index (χ0n) is 20.2. The molecule has 2 aromatic carbocycles. The average Bonchev–Trinajstić information content (AvgIpc) is 2.88. The van der Waals surface area contributed by atoms with Gasteiger partial charge in [0.2, 0.25) is 0 Å². The molecule has 0 spiro atoms. The van der Waals surface area contributed by atoms with E-state index < -0.39 is 35.3 Å². The first-order valence-corrected chi connectivity index (χ1v) is 11.7. The molecule has 0 bridgehead atoms. The molecule has 202 valence electrons. The van der Waals surface area contributed by atoms with Gasteiger partial charge in [-0.15, -0.1) is 13.2 Å². The zero-order valence-corrected chi connectivity index (χ0v) is 20.2. The Hall–Kier alpha value is -4.87. The first-order valence-electron chi connectivity index (χ1n) is 11.7. The number of aromatic nitrogens is 2. The minimum absolute atomic E-state index is 0.0628. The number of carboxylic acid groups (broad SMARTS) is 1. The molecule has 0 aliphatic carbocycles. The number of aryl methyl sites for hydroxylation is 2. The standard InChI is InChI=1S/C27H22F3N3O6/c28-27(29,30)39-18-8-6-17(7-9-18)19-14-20-21(33(26(19)38)13-11-16-4-2-1-3-5-16)15-32-23(24(20)36)25(37)31-12-10-22(34)35/h1-9,14-15,36H,10-13H2,(H,31,37)(H,34,35). The Bertz CT molecular complexity index is 1570. The molecule has 0 atom stereocenters. The highest BCUT2D eigenvalue weighted by Gasteiger charge is 2.31. The lowest BCUT2D eigenvalue weighted by atomic mass is 10.0. The quantitative estimate of drug-likeness (QED) is 0.291. The van der Waals surface area contributed by atoms with E-state index >= 15 is 0 Å². The molecule has 3 N–H and O–H groups in total. The number of alkyl halides is 3. The van der Waals surface area contributed by atoms with Crippen LogP contribution in [0.4, 0.5) is 13.2 Å². The van der Waals surface area contributed by atoms with Crippen molar-refractivity contribution in [2.75, 3.05) is 6.54 Å². The molecule has 0 saturated heterocycles. The lowest BCUT2D eigenvalue weighted by Crippen LogP contribution is -2.27. The van der Waals surface area contributed by atoms with E-state index in [-0.39, 0.29) is 47.2 Å². The third-order valence-corrected chi connectivity index (χ3v) is 5.83. The Morgan fingerprint density at radius 1 is 1.05 bits per heavy atom. The lowest BCUT2D eigenvalue weighted by Gasteiger charge is -2.16. The van der Waals surface area contributed by atoms with Crippen molar-refractivity contribution in [2.24, 2.45) is 0 Å². The van der Waals surface area contributed by atoms with Crippen molar-refractivity contribution in [3.05, 3.63) is 88.5 Å². The predicted molar refractivity (Wildman–Crippen MR) is 135 cm³/mol. The van der Waals surface area contributed by atoms with Gasteiger partial charge >= 0.3 is 12.3 Å². The number of aromatic hydroxyl groups is 1. The predicted octanol–water partition coefficient (Wildman–Crippen LogP) is 4.11. The highest BCUT2D eigenvalue weighted by atomic mass is 19.4. The van der Waals surface area contributed by atoms with E-state index in [0.717, 1.165) is 17.7 Å². The molecule has 0 unspecified atom stereocenters. The Morgan fingerprint density at radius 3 is 2.38 bits per heavy atom. The van der Waals surface area contributed by atoms with Crippen molar-refractivity contribution in [1.82, 2.24) is 14.9 Å². The highest BCUT2D eigenvalue weighted by Crippen LogP contribution is 2.31. The average molecular weight is 541 g/mol. The van der Waals surface area contributed by atoms with Gasteiger partial charge in [-0.2, -0.15) is 0 Å². The SMILES string of the molecule is O=C(O)CCNC(=O)c1ncc2c(cc(-c3ccc(OC(F)(F)F)cc3)c(=O)n2CCc2ccccc2)c1O. The van der Waals surface area contributed by atoms with Crippen LogP contribution >= 0.6 is 0 Å². The molecule has 0 fully saturated rings. The molecule has 2 heterocycles. The molecule has 0 radical (unpaired) electrons. The van der Waals surface area contributed by atoms with Gasteiger partial charge in [-0.1, -0.05) is 42.5 Å². The number of ether oxygens (including phenoxy) is 1. The monoisotopic (exact) mass is 541 g/mol. The number of hydrogen-bond donors (Lipinski definition) is 3. The van der Waals surface area contributed by atoms with Gasteiger partial charge in [-0.05, 0) is 35.7 Å². The molecule has 12 heteroatoms. The van der Waals surface area contributed by atoms with Crippen molar-refractivity contribution in [3.8, 4) is 22.6 Å². The lowest BCUT2D eigenvalue weighted by molar-refractivity contribution is -0.274. The van der Waals surface area contributed by atoms with E-state index in [9.17, 15) is 32.7 Å². The summed E-state index contributed by atoms with van der Waals surface area (Å²) in [5.74, 6) is -2.94. The Balaban J connectivity index is 1.80. The van der Waals surface area contributed by atoms with Gasteiger partial charge in [0.1, 0.15) is 5.75 Å². The van der Waals surface area contributed by atoms with Crippen LogP contribution in [0.2, 0.25) is 0 Å². The highest BCUT2D eigenvalue weighted by molar-refractivity contribution is 6.01. The van der Waals surface area contributed by atoms with Crippen LogP contribution < -0.4 is 15.6 Å². The summed E-state index contributed by atoms with van der Waals surface area (Å²) in [6, 6.07) is 15.3. The number of halogens is 3. The molecule has 0 saturated carbocycles. The van der Waals surface area contributed by atoms with Gasteiger partial charge in [0, 0.05) is 24.0 Å². The van der Waals surface area contributed by atoms with Gasteiger partial charge in [0.15, 0.2) is 11.4 Å². The minimum atomic E-state index is -4.88. The van der Waals surface area contributed by atoms with Crippen LogP contribution in [0.1, 0.15) is 22.5 Å². The summed E-state index contributed by atoms with van der Waals surface area (Å²) in [5, 5.41) is 22.2. The van der Waals surface area contributed by atoms with Crippen LogP contribution in [0.15, 0.2) is 71.7 Å². The number of nitrogens with zero attached hydrogens (tertiary/aromatic N) is 2. The second-order valence-electron chi connectivity index (χ2n) is 8.48. The number of hydrogen-bond acceptors (Lipinski definition) is 6. The van der Waals surface area contributed by atoms with Crippen LogP contribution in [-0.2, 0) is 17.8 Å². The maximum atomic E-state index is 13.6. The van der Waals surface area contributed by atoms with Crippen molar-refractivity contribution in [3.63, 3.8) is 0 Å². The van der Waals surface area contributed by atoms with Gasteiger partial charge < -0.3 is 24.8 Å². The summed E-state index contributed by atoms with van der Waals surface area (Å²) in [7, 11) is 0. The Kier molecular flexibility index (Phi) is 7.84. The number of benzene rings is 2. The van der Waals surface area contributed by atoms with Gasteiger partial charge in [-0.3, -0.25) is 14.4 Å². The number of rotatable bonds is 9. The van der Waals surface area contributed by atoms with Crippen molar-refractivity contribution in [2.45, 2.75) is 25.7 Å². The van der Waals surface area contributed by atoms with Crippen LogP contribution in [0.5, 0.6) is 11.5 Å². The van der Waals surface area contributed by atoms with Crippen LogP contribution in [-0.4, -0.2) is 44.5 Å². The van der Waals surface area contributed by atoms with Crippen molar-refractivity contribution >= 4 is 22.8 Å². The van der Waals surface area contributed by atoms with Crippen LogP contribution in [0, 0.1) is 0 Å². The first kappa shape index (κ1) is 27.2. The van der Waals surface area contributed by atoms with Crippen LogP contribution in [0.25, 0.3) is 22.0 Å². The summed E-state index contributed by atoms with van der Waals surface area (Å²) in [6.07, 6.45) is -3.51. The summed E-state index contributed by atoms with van der Waals surface area (Å²) in [6.45, 7) is -0.0186. The molecular weight excluding hydrogens is 519 g/mol. The van der Waals surface area contributed by atoms with E-state index in [2.05, 4.69) is 15.0 Å². The number of carboxylic acids is 1. The molecule has 4 aromatic rings. The molecule has 39 heavy (non-hydrogen) atoms. The largest absolute Gasteiger partial charge is 0.573 e. The molecule has 9 nitrogen and oxygen atoms in total. The number of carbonyl (C=O) groups is 2. The van der Waals surface area contributed by atoms with E-state index in [0.29, 0.717) is 6.42 Å². The van der Waals surface area contributed by atoms with Gasteiger partial charge in [0.25, 0.3) is 11.5 Å². The molecule has 1 amide bonds. The summed E-state index contributed by atoms with van der Waals surface area (Å²) >= 11 is 0. The molecule has 0 aliphatic rings. The number of aliphatic carboxylic acids is 1. The number of amides is 1.